The molecule has 0 aliphatic heterocycles. The monoisotopic (exact) mass is 376 g/mol. The fourth-order valence-electron chi connectivity index (χ4n) is 1.73. The number of nitrogens with two attached hydrogens (primary N) is 1. The number of rotatable bonds is 6. The van der Waals surface area contributed by atoms with Gasteiger partial charge < -0.3 is 30.1 Å². The van der Waals surface area contributed by atoms with E-state index in [1.807, 2.05) is 0 Å². The van der Waals surface area contributed by atoms with E-state index in [4.69, 9.17) is 24.8 Å². The van der Waals surface area contributed by atoms with Crippen LogP contribution in [0.3, 0.4) is 0 Å². The fourth-order valence-corrected chi connectivity index (χ4v) is 2.39. The van der Waals surface area contributed by atoms with E-state index in [1.54, 1.807) is 32.9 Å². The van der Waals surface area contributed by atoms with E-state index >= 15 is 0 Å². The Hall–Kier alpha value is -1.67. The van der Waals surface area contributed by atoms with Crippen LogP contribution in [-0.4, -0.2) is 33.4 Å². The molecule has 0 aliphatic rings. The molecule has 0 saturated carbocycles. The number of amides is 2. The van der Waals surface area contributed by atoms with E-state index in [0.717, 1.165) is 0 Å². The van der Waals surface area contributed by atoms with Gasteiger partial charge in [0.1, 0.15) is 17.4 Å². The van der Waals surface area contributed by atoms with Crippen LogP contribution in [0.5, 0.6) is 5.75 Å². The predicted octanol–water partition coefficient (Wildman–Crippen LogP) is 1.20. The zero-order valence-electron chi connectivity index (χ0n) is 13.6. The van der Waals surface area contributed by atoms with Crippen molar-refractivity contribution in [2.75, 3.05) is 0 Å². The summed E-state index contributed by atoms with van der Waals surface area (Å²) in [5, 5.41) is 2.42. The van der Waals surface area contributed by atoms with Gasteiger partial charge in [-0.3, -0.25) is 4.79 Å². The number of nitrogens with one attached hydrogen (secondary N) is 1. The zero-order valence-corrected chi connectivity index (χ0v) is 15.3. The molecule has 0 saturated heterocycles. The first-order valence-corrected chi connectivity index (χ1v) is 9.61. The van der Waals surface area contributed by atoms with Gasteiger partial charge >= 0.3 is 12.8 Å². The second-order valence-corrected chi connectivity index (χ2v) is 8.62. The van der Waals surface area contributed by atoms with Crippen LogP contribution >= 0.6 is 6.72 Å². The molecule has 0 spiro atoms. The van der Waals surface area contributed by atoms with Crippen LogP contribution in [0.2, 0.25) is 0 Å². The maximum absolute atomic E-state index is 11.7. The molecule has 0 aromatic heterocycles. The largest absolute Gasteiger partial charge is 0.444 e. The Morgan fingerprint density at radius 1 is 1.29 bits per heavy atom. The topological polar surface area (TPSA) is 131 Å². The number of carbonyl (C=O) groups excluding carboxylic acids is 2. The van der Waals surface area contributed by atoms with Gasteiger partial charge in [-0.2, -0.15) is 0 Å². The lowest BCUT2D eigenvalue weighted by Crippen LogP contribution is -2.47. The van der Waals surface area contributed by atoms with Crippen LogP contribution in [0.4, 0.5) is 4.79 Å². The van der Waals surface area contributed by atoms with Crippen molar-refractivity contribution in [1.29, 1.82) is 0 Å². The average Bonchev–Trinajstić information content (AvgIpc) is 2.36. The highest BCUT2D eigenvalue weighted by molar-refractivity contribution is 8.06. The van der Waals surface area contributed by atoms with Gasteiger partial charge in [-0.1, -0.05) is 12.1 Å². The second-order valence-electron chi connectivity index (χ2n) is 6.03. The molecule has 2 amide bonds. The summed E-state index contributed by atoms with van der Waals surface area (Å²) in [5.41, 5.74) is 5.28. The molecular formula is C14H21N2O6PS. The molecular weight excluding hydrogens is 355 g/mol. The molecule has 0 heterocycles. The molecule has 0 fully saturated rings. The summed E-state index contributed by atoms with van der Waals surface area (Å²) >= 11 is 4.37. The number of hydrogen-bond acceptors (Lipinski definition) is 5. The van der Waals surface area contributed by atoms with E-state index in [9.17, 15) is 9.59 Å². The Kier molecular flexibility index (Phi) is 6.74. The summed E-state index contributed by atoms with van der Waals surface area (Å²) in [7, 11) is 0. The minimum Gasteiger partial charge on any atom is -0.444 e. The maximum Gasteiger partial charge on any atom is 0.408 e. The first kappa shape index (κ1) is 20.4. The number of hydrogen-bond donors (Lipinski definition) is 4. The third kappa shape index (κ3) is 8.26. The molecule has 8 nitrogen and oxygen atoms in total. The van der Waals surface area contributed by atoms with E-state index in [1.165, 1.54) is 12.1 Å². The molecule has 5 N–H and O–H groups in total. The Bertz CT molecular complexity index is 638. The van der Waals surface area contributed by atoms with E-state index in [-0.39, 0.29) is 12.2 Å². The molecule has 10 heteroatoms. The van der Waals surface area contributed by atoms with Gasteiger partial charge in [0.05, 0.1) is 0 Å². The molecule has 1 aromatic carbocycles. The van der Waals surface area contributed by atoms with Crippen molar-refractivity contribution in [3.63, 3.8) is 0 Å². The molecule has 0 bridgehead atoms. The summed E-state index contributed by atoms with van der Waals surface area (Å²) in [6.07, 6.45) is -0.603. The van der Waals surface area contributed by atoms with E-state index in [2.05, 4.69) is 17.1 Å². The van der Waals surface area contributed by atoms with Crippen molar-refractivity contribution in [2.45, 2.75) is 38.8 Å². The first-order chi connectivity index (χ1) is 10.9. The van der Waals surface area contributed by atoms with Crippen molar-refractivity contribution in [3.8, 4) is 5.75 Å². The lowest BCUT2D eigenvalue weighted by Gasteiger charge is -2.22. The van der Waals surface area contributed by atoms with Crippen LogP contribution in [0.15, 0.2) is 24.3 Å². The quantitative estimate of drug-likeness (QED) is 0.549. The van der Waals surface area contributed by atoms with Gasteiger partial charge in [0.15, 0.2) is 0 Å². The third-order valence-corrected chi connectivity index (χ3v) is 3.29. The predicted molar refractivity (Wildman–Crippen MR) is 91.8 cm³/mol. The van der Waals surface area contributed by atoms with Crippen LogP contribution in [0, 0.1) is 0 Å². The van der Waals surface area contributed by atoms with Gasteiger partial charge in [0.25, 0.3) is 0 Å². The van der Waals surface area contributed by atoms with Crippen LogP contribution in [-0.2, 0) is 27.8 Å². The maximum atomic E-state index is 11.7. The highest BCUT2D eigenvalue weighted by Crippen LogP contribution is 2.37. The third-order valence-electron chi connectivity index (χ3n) is 2.62. The standard InChI is InChI=1S/C14H21N2O6PS/c1-14(2,3)21-13(18)16-11(12(15)17)8-9-4-6-10(7-5-9)22-23(19,20)24/h4-7,11H,8H2,1-3H3,(H2,15,17)(H,16,18)(H2,19,20,24). The van der Waals surface area contributed by atoms with Gasteiger partial charge in [-0.25, -0.2) is 4.79 Å². The summed E-state index contributed by atoms with van der Waals surface area (Å²) in [6, 6.07) is 5.16. The van der Waals surface area contributed by atoms with Gasteiger partial charge in [0, 0.05) is 18.2 Å². The average molecular weight is 376 g/mol. The van der Waals surface area contributed by atoms with Crippen molar-refractivity contribution >= 4 is 30.5 Å². The van der Waals surface area contributed by atoms with Gasteiger partial charge in [-0.05, 0) is 38.5 Å². The lowest BCUT2D eigenvalue weighted by molar-refractivity contribution is -0.120. The SMILES string of the molecule is CC(C)(C)OC(=O)NC(Cc1ccc(OP(O)(O)=S)cc1)C(N)=O. The molecule has 134 valence electrons. The number of alkyl carbamates (subject to hydrolysis) is 1. The van der Waals surface area contributed by atoms with E-state index in [0.29, 0.717) is 5.56 Å². The highest BCUT2D eigenvalue weighted by atomic mass is 32.5. The lowest BCUT2D eigenvalue weighted by atomic mass is 10.1. The minimum absolute atomic E-state index is 0.140. The van der Waals surface area contributed by atoms with Crippen LogP contribution < -0.4 is 15.6 Å². The van der Waals surface area contributed by atoms with Crippen molar-refractivity contribution in [2.24, 2.45) is 5.73 Å². The normalized spacial score (nSPS) is 13.0. The first-order valence-electron chi connectivity index (χ1n) is 6.98. The summed E-state index contributed by atoms with van der Waals surface area (Å²) in [4.78, 5) is 41.4. The minimum atomic E-state index is -3.80. The van der Waals surface area contributed by atoms with Crippen LogP contribution in [0.1, 0.15) is 26.3 Å². The Labute approximate surface area is 145 Å². The van der Waals surface area contributed by atoms with E-state index < -0.39 is 30.4 Å². The second kappa shape index (κ2) is 7.94. The molecule has 1 aromatic rings. The smallest absolute Gasteiger partial charge is 0.408 e. The number of carbonyl (C=O) groups is 2. The van der Waals surface area contributed by atoms with Gasteiger partial charge in [-0.15, -0.1) is 0 Å². The molecule has 24 heavy (non-hydrogen) atoms. The molecule has 1 unspecified atom stereocenters. The molecule has 1 rings (SSSR count). The van der Waals surface area contributed by atoms with Crippen molar-refractivity contribution in [3.05, 3.63) is 29.8 Å². The molecule has 1 atom stereocenters. The summed E-state index contributed by atoms with van der Waals surface area (Å²) in [6.45, 7) is 1.31. The van der Waals surface area contributed by atoms with Crippen molar-refractivity contribution in [1.82, 2.24) is 5.32 Å². The Morgan fingerprint density at radius 2 is 1.83 bits per heavy atom. The fraction of sp³-hybridized carbons (Fsp3) is 0.429. The van der Waals surface area contributed by atoms with Crippen molar-refractivity contribution < 1.29 is 28.6 Å². The molecule has 0 aliphatic carbocycles. The Balaban J connectivity index is 2.73. The zero-order chi connectivity index (χ0) is 18.5. The number of ether oxygens (including phenoxy) is 1. The summed E-state index contributed by atoms with van der Waals surface area (Å²) in [5.74, 6) is -0.523. The van der Waals surface area contributed by atoms with Crippen LogP contribution in [0.25, 0.3) is 0 Å². The molecule has 0 radical (unpaired) electrons. The summed E-state index contributed by atoms with van der Waals surface area (Å²) < 4.78 is 9.87. The highest BCUT2D eigenvalue weighted by Gasteiger charge is 2.23. The van der Waals surface area contributed by atoms with Gasteiger partial charge in [0.2, 0.25) is 5.91 Å². The number of primary amides is 1. The Morgan fingerprint density at radius 3 is 2.25 bits per heavy atom. The number of benzene rings is 1.